The van der Waals surface area contributed by atoms with Gasteiger partial charge in [-0.3, -0.25) is 9.59 Å². The zero-order valence-corrected chi connectivity index (χ0v) is 18.1. The van der Waals surface area contributed by atoms with E-state index in [2.05, 4.69) is 10.6 Å². The molecule has 2 aliphatic heterocycles. The molecule has 10 heteroatoms. The summed E-state index contributed by atoms with van der Waals surface area (Å²) in [4.78, 5) is 51.9. The molecule has 0 spiro atoms. The number of piperidine rings is 1. The van der Waals surface area contributed by atoms with E-state index >= 15 is 0 Å². The van der Waals surface area contributed by atoms with E-state index in [0.717, 1.165) is 0 Å². The zero-order chi connectivity index (χ0) is 22.9. The number of likely N-dealkylation sites (tertiary alicyclic amines) is 1. The molecule has 168 valence electrons. The number of carbonyl (C=O) groups excluding carboxylic acids is 3. The SMILES string of the molecule is CN1c2cc(C(=O)O)ccc2C(=O)NC1C(=O)NC1CCN(C(=O)OC(C)(C)C)CC1. The van der Waals surface area contributed by atoms with Gasteiger partial charge in [0, 0.05) is 26.2 Å². The van der Waals surface area contributed by atoms with Crippen molar-refractivity contribution in [1.82, 2.24) is 15.5 Å². The molecule has 1 aromatic carbocycles. The van der Waals surface area contributed by atoms with Crippen LogP contribution in [0.3, 0.4) is 0 Å². The largest absolute Gasteiger partial charge is 0.478 e. The van der Waals surface area contributed by atoms with Gasteiger partial charge in [0.1, 0.15) is 5.60 Å². The zero-order valence-electron chi connectivity index (χ0n) is 18.1. The fraction of sp³-hybridized carbons (Fsp3) is 0.524. The quantitative estimate of drug-likeness (QED) is 0.659. The number of amides is 3. The lowest BCUT2D eigenvalue weighted by atomic mass is 10.0. The Morgan fingerprint density at radius 1 is 1.19 bits per heavy atom. The fourth-order valence-electron chi connectivity index (χ4n) is 3.64. The molecule has 1 atom stereocenters. The average molecular weight is 432 g/mol. The minimum absolute atomic E-state index is 0.0361. The van der Waals surface area contributed by atoms with Gasteiger partial charge in [-0.1, -0.05) is 0 Å². The molecule has 0 aromatic heterocycles. The van der Waals surface area contributed by atoms with Crippen molar-refractivity contribution in [3.8, 4) is 0 Å². The molecule has 1 unspecified atom stereocenters. The Morgan fingerprint density at radius 3 is 2.42 bits per heavy atom. The lowest BCUT2D eigenvalue weighted by molar-refractivity contribution is -0.124. The van der Waals surface area contributed by atoms with Gasteiger partial charge in [-0.15, -0.1) is 0 Å². The molecule has 0 aliphatic carbocycles. The highest BCUT2D eigenvalue weighted by Gasteiger charge is 2.35. The summed E-state index contributed by atoms with van der Waals surface area (Å²) in [5, 5.41) is 14.8. The van der Waals surface area contributed by atoms with Crippen molar-refractivity contribution < 1.29 is 29.0 Å². The Kier molecular flexibility index (Phi) is 6.10. The Labute approximate surface area is 180 Å². The van der Waals surface area contributed by atoms with Crippen molar-refractivity contribution >= 4 is 29.6 Å². The Bertz CT molecular complexity index is 902. The molecule has 0 bridgehead atoms. The first-order chi connectivity index (χ1) is 14.5. The van der Waals surface area contributed by atoms with Gasteiger partial charge in [-0.25, -0.2) is 9.59 Å². The van der Waals surface area contributed by atoms with Crippen LogP contribution in [0.25, 0.3) is 0 Å². The van der Waals surface area contributed by atoms with Crippen molar-refractivity contribution in [2.75, 3.05) is 25.0 Å². The van der Waals surface area contributed by atoms with Crippen LogP contribution in [0, 0.1) is 0 Å². The van der Waals surface area contributed by atoms with Gasteiger partial charge in [-0.05, 0) is 51.8 Å². The van der Waals surface area contributed by atoms with E-state index in [-0.39, 0.29) is 17.7 Å². The second-order valence-electron chi connectivity index (χ2n) is 8.77. The third-order valence-electron chi connectivity index (χ3n) is 5.27. The lowest BCUT2D eigenvalue weighted by Crippen LogP contribution is -2.60. The lowest BCUT2D eigenvalue weighted by Gasteiger charge is -2.37. The molecular formula is C21H28N4O6. The first-order valence-corrected chi connectivity index (χ1v) is 10.2. The highest BCUT2D eigenvalue weighted by atomic mass is 16.6. The van der Waals surface area contributed by atoms with Gasteiger partial charge in [0.25, 0.3) is 11.8 Å². The smallest absolute Gasteiger partial charge is 0.410 e. The number of ether oxygens (including phenoxy) is 1. The maximum atomic E-state index is 12.9. The predicted octanol–water partition coefficient (Wildman–Crippen LogP) is 1.41. The Balaban J connectivity index is 1.62. The van der Waals surface area contributed by atoms with Gasteiger partial charge in [0.2, 0.25) is 0 Å². The van der Waals surface area contributed by atoms with Crippen molar-refractivity contribution in [3.63, 3.8) is 0 Å². The molecule has 2 heterocycles. The van der Waals surface area contributed by atoms with E-state index in [1.807, 2.05) is 20.8 Å². The predicted molar refractivity (Wildman–Crippen MR) is 112 cm³/mol. The number of nitrogens with one attached hydrogen (secondary N) is 2. The molecule has 31 heavy (non-hydrogen) atoms. The molecule has 3 N–H and O–H groups in total. The molecule has 2 aliphatic rings. The van der Waals surface area contributed by atoms with Crippen molar-refractivity contribution in [3.05, 3.63) is 29.3 Å². The van der Waals surface area contributed by atoms with Crippen molar-refractivity contribution in [2.45, 2.75) is 51.4 Å². The number of carbonyl (C=O) groups is 4. The van der Waals surface area contributed by atoms with E-state index in [9.17, 15) is 24.3 Å². The van der Waals surface area contributed by atoms with E-state index in [1.165, 1.54) is 18.2 Å². The summed E-state index contributed by atoms with van der Waals surface area (Å²) in [5.74, 6) is -1.94. The molecule has 0 saturated carbocycles. The summed E-state index contributed by atoms with van der Waals surface area (Å²) in [7, 11) is 1.62. The van der Waals surface area contributed by atoms with Crippen LogP contribution in [0.15, 0.2) is 18.2 Å². The van der Waals surface area contributed by atoms with Crippen LogP contribution in [-0.4, -0.2) is 71.8 Å². The second-order valence-corrected chi connectivity index (χ2v) is 8.77. The molecule has 1 aromatic rings. The highest BCUT2D eigenvalue weighted by Crippen LogP contribution is 2.27. The summed E-state index contributed by atoms with van der Waals surface area (Å²) in [6.45, 7) is 6.34. The van der Waals surface area contributed by atoms with Gasteiger partial charge in [0.05, 0.1) is 16.8 Å². The molecule has 0 radical (unpaired) electrons. The van der Waals surface area contributed by atoms with Gasteiger partial charge in [0.15, 0.2) is 6.17 Å². The van der Waals surface area contributed by atoms with Gasteiger partial charge in [-0.2, -0.15) is 0 Å². The number of rotatable bonds is 3. The van der Waals surface area contributed by atoms with E-state index in [0.29, 0.717) is 37.2 Å². The summed E-state index contributed by atoms with van der Waals surface area (Å²) in [6.07, 6.45) is -0.208. The molecule has 1 fully saturated rings. The molecule has 3 amide bonds. The van der Waals surface area contributed by atoms with Crippen LogP contribution in [0.4, 0.5) is 10.5 Å². The maximum Gasteiger partial charge on any atom is 0.410 e. The van der Waals surface area contributed by atoms with E-state index < -0.39 is 29.6 Å². The molecular weight excluding hydrogens is 404 g/mol. The standard InChI is InChI=1S/C21H28N4O6/c1-21(2,3)31-20(30)25-9-7-13(8-10-25)22-18(27)16-23-17(26)14-6-5-12(19(28)29)11-15(14)24(16)4/h5-6,11,13,16H,7-10H2,1-4H3,(H,22,27)(H,23,26)(H,28,29). The highest BCUT2D eigenvalue weighted by molar-refractivity contribution is 6.07. The van der Waals surface area contributed by atoms with Crippen LogP contribution in [0.1, 0.15) is 54.3 Å². The van der Waals surface area contributed by atoms with Gasteiger partial charge >= 0.3 is 12.1 Å². The number of hydrogen-bond donors (Lipinski definition) is 3. The number of anilines is 1. The van der Waals surface area contributed by atoms with E-state index in [4.69, 9.17) is 4.74 Å². The molecule has 10 nitrogen and oxygen atoms in total. The third kappa shape index (κ3) is 5.07. The Morgan fingerprint density at radius 2 is 1.84 bits per heavy atom. The van der Waals surface area contributed by atoms with Gasteiger partial charge < -0.3 is 30.3 Å². The summed E-state index contributed by atoms with van der Waals surface area (Å²) < 4.78 is 5.38. The number of carboxylic acid groups (broad SMARTS) is 1. The van der Waals surface area contributed by atoms with Crippen LogP contribution in [0.2, 0.25) is 0 Å². The van der Waals surface area contributed by atoms with Crippen molar-refractivity contribution in [2.24, 2.45) is 0 Å². The maximum absolute atomic E-state index is 12.9. The second kappa shape index (κ2) is 8.44. The summed E-state index contributed by atoms with van der Waals surface area (Å²) in [5.41, 5.74) is 0.155. The first-order valence-electron chi connectivity index (χ1n) is 10.2. The fourth-order valence-corrected chi connectivity index (χ4v) is 3.64. The van der Waals surface area contributed by atoms with Crippen LogP contribution in [-0.2, 0) is 9.53 Å². The number of fused-ring (bicyclic) bond motifs is 1. The first kappa shape index (κ1) is 22.4. The number of likely N-dealkylation sites (N-methyl/N-ethyl adjacent to an activating group) is 1. The minimum atomic E-state index is -1.11. The Hall–Kier alpha value is -3.30. The number of carboxylic acids is 1. The number of nitrogens with zero attached hydrogens (tertiary/aromatic N) is 2. The molecule has 3 rings (SSSR count). The normalized spacial score (nSPS) is 19.4. The monoisotopic (exact) mass is 432 g/mol. The van der Waals surface area contributed by atoms with Crippen LogP contribution < -0.4 is 15.5 Å². The number of hydrogen-bond acceptors (Lipinski definition) is 6. The van der Waals surface area contributed by atoms with E-state index in [1.54, 1.807) is 16.8 Å². The summed E-state index contributed by atoms with van der Waals surface area (Å²) >= 11 is 0. The molecule has 1 saturated heterocycles. The van der Waals surface area contributed by atoms with Crippen molar-refractivity contribution in [1.29, 1.82) is 0 Å². The average Bonchev–Trinajstić information content (AvgIpc) is 2.69. The topological polar surface area (TPSA) is 128 Å². The minimum Gasteiger partial charge on any atom is -0.478 e. The summed E-state index contributed by atoms with van der Waals surface area (Å²) in [6, 6.07) is 4.03. The number of benzene rings is 1. The van der Waals surface area contributed by atoms with Crippen LogP contribution in [0.5, 0.6) is 0 Å². The third-order valence-corrected chi connectivity index (χ3v) is 5.27. The number of aromatic carboxylic acids is 1. The van der Waals surface area contributed by atoms with Crippen LogP contribution >= 0.6 is 0 Å².